The number of nitrogens with zero attached hydrogens (tertiary/aromatic N) is 2. The van der Waals surface area contributed by atoms with Crippen LogP contribution in [0.5, 0.6) is 0 Å². The van der Waals surface area contributed by atoms with Crippen molar-refractivity contribution in [3.8, 4) is 0 Å². The average molecular weight is 411 g/mol. The predicted molar refractivity (Wildman–Crippen MR) is 115 cm³/mol. The molecule has 1 aromatic heterocycles. The lowest BCUT2D eigenvalue weighted by Gasteiger charge is -2.34. The second-order valence-corrected chi connectivity index (χ2v) is 9.05. The highest BCUT2D eigenvalue weighted by Crippen LogP contribution is 2.36. The highest BCUT2D eigenvalue weighted by molar-refractivity contribution is 5.78. The minimum absolute atomic E-state index is 0.0310. The van der Waals surface area contributed by atoms with E-state index in [1.165, 1.54) is 12.1 Å². The summed E-state index contributed by atoms with van der Waals surface area (Å²) in [6, 6.07) is 10.7. The van der Waals surface area contributed by atoms with Gasteiger partial charge in [0.15, 0.2) is 0 Å². The van der Waals surface area contributed by atoms with Gasteiger partial charge in [0.1, 0.15) is 5.82 Å². The van der Waals surface area contributed by atoms with Crippen LogP contribution >= 0.6 is 0 Å². The standard InChI is InChI=1S/C25H31FN2O2/c1-18-14-20(15-19-7-9-21(26)10-8-19)16-22(27-18)23-6-5-13-28(23)24(29)17-25(30)11-3-2-4-12-25/h7-10,14,16,23,30H,2-6,11-13,15,17H2,1H3/t23-/m1/s1. The topological polar surface area (TPSA) is 53.4 Å². The Bertz CT molecular complexity index is 891. The van der Waals surface area contributed by atoms with Crippen LogP contribution < -0.4 is 0 Å². The number of benzene rings is 1. The Hall–Kier alpha value is -2.27. The normalized spacial score (nSPS) is 21.0. The lowest BCUT2D eigenvalue weighted by Crippen LogP contribution is -2.40. The summed E-state index contributed by atoms with van der Waals surface area (Å²) in [5.74, 6) is -0.185. The number of aryl methyl sites for hydroxylation is 1. The van der Waals surface area contributed by atoms with E-state index in [1.54, 1.807) is 12.1 Å². The molecule has 0 unspecified atom stereocenters. The molecular formula is C25H31FN2O2. The molecule has 2 fully saturated rings. The SMILES string of the molecule is Cc1cc(Cc2ccc(F)cc2)cc([C@H]2CCCN2C(=O)CC2(O)CCCCC2)n1. The minimum atomic E-state index is -0.837. The van der Waals surface area contributed by atoms with E-state index in [0.29, 0.717) is 6.42 Å². The van der Waals surface area contributed by atoms with Crippen molar-refractivity contribution in [1.82, 2.24) is 9.88 Å². The number of aromatic nitrogens is 1. The molecule has 2 aliphatic rings. The first kappa shape index (κ1) is 21.0. The van der Waals surface area contributed by atoms with E-state index in [0.717, 1.165) is 74.0 Å². The van der Waals surface area contributed by atoms with Crippen LogP contribution in [0.2, 0.25) is 0 Å². The molecular weight excluding hydrogens is 379 g/mol. The van der Waals surface area contributed by atoms with Gasteiger partial charge in [-0.25, -0.2) is 4.39 Å². The molecule has 2 heterocycles. The Kier molecular flexibility index (Phi) is 6.19. The zero-order valence-electron chi connectivity index (χ0n) is 17.7. The van der Waals surface area contributed by atoms with Crippen LogP contribution in [-0.4, -0.2) is 33.0 Å². The van der Waals surface area contributed by atoms with E-state index >= 15 is 0 Å². The second kappa shape index (κ2) is 8.84. The van der Waals surface area contributed by atoms with Crippen molar-refractivity contribution in [2.24, 2.45) is 0 Å². The van der Waals surface area contributed by atoms with Gasteiger partial charge in [-0.05, 0) is 74.4 Å². The number of carbonyl (C=O) groups excluding carboxylic acids is 1. The third-order valence-corrected chi connectivity index (χ3v) is 6.53. The number of rotatable bonds is 5. The number of pyridine rings is 1. The molecule has 1 amide bonds. The molecule has 160 valence electrons. The van der Waals surface area contributed by atoms with Gasteiger partial charge in [0, 0.05) is 12.2 Å². The summed E-state index contributed by atoms with van der Waals surface area (Å²) >= 11 is 0. The molecule has 5 heteroatoms. The first-order chi connectivity index (χ1) is 14.4. The van der Waals surface area contributed by atoms with Crippen molar-refractivity contribution in [3.63, 3.8) is 0 Å². The van der Waals surface area contributed by atoms with Gasteiger partial charge in [-0.15, -0.1) is 0 Å². The first-order valence-corrected chi connectivity index (χ1v) is 11.2. The molecule has 1 aromatic carbocycles. The molecule has 1 saturated carbocycles. The van der Waals surface area contributed by atoms with Gasteiger partial charge in [-0.3, -0.25) is 9.78 Å². The third kappa shape index (κ3) is 4.89. The summed E-state index contributed by atoms with van der Waals surface area (Å²) in [7, 11) is 0. The Labute approximate surface area is 178 Å². The fourth-order valence-electron chi connectivity index (χ4n) is 5.02. The monoisotopic (exact) mass is 410 g/mol. The summed E-state index contributed by atoms with van der Waals surface area (Å²) < 4.78 is 13.2. The van der Waals surface area contributed by atoms with Gasteiger partial charge in [-0.2, -0.15) is 0 Å². The molecule has 0 spiro atoms. The van der Waals surface area contributed by atoms with Crippen LogP contribution in [0.1, 0.15) is 79.9 Å². The van der Waals surface area contributed by atoms with Crippen LogP contribution in [0.15, 0.2) is 36.4 Å². The van der Waals surface area contributed by atoms with Gasteiger partial charge < -0.3 is 10.0 Å². The third-order valence-electron chi connectivity index (χ3n) is 6.53. The highest BCUT2D eigenvalue weighted by atomic mass is 19.1. The van der Waals surface area contributed by atoms with Crippen molar-refractivity contribution < 1.29 is 14.3 Å². The fraction of sp³-hybridized carbons (Fsp3) is 0.520. The number of hydrogen-bond acceptors (Lipinski definition) is 3. The van der Waals surface area contributed by atoms with Crippen molar-refractivity contribution in [2.75, 3.05) is 6.54 Å². The summed E-state index contributed by atoms with van der Waals surface area (Å²) in [6.07, 6.45) is 7.37. The molecule has 1 aliphatic heterocycles. The minimum Gasteiger partial charge on any atom is -0.389 e. The molecule has 1 atom stereocenters. The fourth-order valence-corrected chi connectivity index (χ4v) is 5.02. The lowest BCUT2D eigenvalue weighted by atomic mass is 9.82. The maximum atomic E-state index is 13.2. The van der Waals surface area contributed by atoms with Crippen molar-refractivity contribution in [3.05, 3.63) is 64.7 Å². The Morgan fingerprint density at radius 1 is 1.13 bits per heavy atom. The highest BCUT2D eigenvalue weighted by Gasteiger charge is 2.37. The maximum Gasteiger partial charge on any atom is 0.226 e. The zero-order valence-corrected chi connectivity index (χ0v) is 17.7. The summed E-state index contributed by atoms with van der Waals surface area (Å²) in [5.41, 5.74) is 3.18. The molecule has 1 saturated heterocycles. The van der Waals surface area contributed by atoms with E-state index in [-0.39, 0.29) is 24.2 Å². The largest absolute Gasteiger partial charge is 0.389 e. The Morgan fingerprint density at radius 3 is 2.60 bits per heavy atom. The molecule has 4 rings (SSSR count). The number of amides is 1. The number of halogens is 1. The van der Waals surface area contributed by atoms with E-state index < -0.39 is 5.60 Å². The molecule has 1 aliphatic carbocycles. The molecule has 30 heavy (non-hydrogen) atoms. The molecule has 0 radical (unpaired) electrons. The van der Waals surface area contributed by atoms with E-state index in [1.807, 2.05) is 11.8 Å². The predicted octanol–water partition coefficient (Wildman–Crippen LogP) is 4.87. The number of aliphatic hydroxyl groups is 1. The maximum absolute atomic E-state index is 13.2. The molecule has 1 N–H and O–H groups in total. The summed E-state index contributed by atoms with van der Waals surface area (Å²) in [6.45, 7) is 2.70. The lowest BCUT2D eigenvalue weighted by molar-refractivity contribution is -0.138. The van der Waals surface area contributed by atoms with Crippen LogP contribution in [0.4, 0.5) is 4.39 Å². The molecule has 0 bridgehead atoms. The summed E-state index contributed by atoms with van der Waals surface area (Å²) in [5, 5.41) is 10.8. The van der Waals surface area contributed by atoms with Crippen LogP contribution in [-0.2, 0) is 11.2 Å². The first-order valence-electron chi connectivity index (χ1n) is 11.2. The Morgan fingerprint density at radius 2 is 1.87 bits per heavy atom. The van der Waals surface area contributed by atoms with Crippen molar-refractivity contribution >= 4 is 5.91 Å². The van der Waals surface area contributed by atoms with E-state index in [9.17, 15) is 14.3 Å². The molecule has 2 aromatic rings. The zero-order chi connectivity index (χ0) is 21.1. The van der Waals surface area contributed by atoms with Crippen LogP contribution in [0, 0.1) is 12.7 Å². The average Bonchev–Trinajstić information content (AvgIpc) is 3.20. The second-order valence-electron chi connectivity index (χ2n) is 9.05. The quantitative estimate of drug-likeness (QED) is 0.765. The number of carbonyl (C=O) groups is 1. The van der Waals surface area contributed by atoms with Gasteiger partial charge in [0.2, 0.25) is 5.91 Å². The summed E-state index contributed by atoms with van der Waals surface area (Å²) in [4.78, 5) is 19.8. The number of likely N-dealkylation sites (tertiary alicyclic amines) is 1. The van der Waals surface area contributed by atoms with E-state index in [2.05, 4.69) is 12.1 Å². The van der Waals surface area contributed by atoms with Gasteiger partial charge in [0.05, 0.1) is 23.8 Å². The van der Waals surface area contributed by atoms with E-state index in [4.69, 9.17) is 4.98 Å². The van der Waals surface area contributed by atoms with Crippen molar-refractivity contribution in [2.45, 2.75) is 76.4 Å². The van der Waals surface area contributed by atoms with Gasteiger partial charge in [0.25, 0.3) is 0 Å². The number of hydrogen-bond donors (Lipinski definition) is 1. The Balaban J connectivity index is 1.51. The van der Waals surface area contributed by atoms with Crippen LogP contribution in [0.25, 0.3) is 0 Å². The smallest absolute Gasteiger partial charge is 0.226 e. The van der Waals surface area contributed by atoms with Crippen LogP contribution in [0.3, 0.4) is 0 Å². The van der Waals surface area contributed by atoms with Crippen molar-refractivity contribution in [1.29, 1.82) is 0 Å². The van der Waals surface area contributed by atoms with Gasteiger partial charge in [-0.1, -0.05) is 31.4 Å². The molecule has 4 nitrogen and oxygen atoms in total. The van der Waals surface area contributed by atoms with Gasteiger partial charge >= 0.3 is 0 Å².